The largest absolute Gasteiger partial charge is 0.467 e. The van der Waals surface area contributed by atoms with Crippen LogP contribution in [-0.2, 0) is 26.1 Å². The average Bonchev–Trinajstić information content (AvgIpc) is 3.31. The zero-order valence-corrected chi connectivity index (χ0v) is 15.0. The van der Waals surface area contributed by atoms with Gasteiger partial charge in [0.2, 0.25) is 0 Å². The molecule has 3 aromatic rings. The van der Waals surface area contributed by atoms with Gasteiger partial charge in [-0.3, -0.25) is 14.9 Å². The first-order valence-electron chi connectivity index (χ1n) is 8.28. The molecule has 0 aromatic carbocycles. The lowest BCUT2D eigenvalue weighted by molar-refractivity contribution is 0.0710. The molecule has 0 saturated carbocycles. The minimum atomic E-state index is -0.110. The molecule has 1 aliphatic rings. The van der Waals surface area contributed by atoms with Crippen molar-refractivity contribution in [3.05, 3.63) is 71.2 Å². The Morgan fingerprint density at radius 1 is 1.27 bits per heavy atom. The molecule has 0 aliphatic carbocycles. The summed E-state index contributed by atoms with van der Waals surface area (Å²) in [4.78, 5) is 19.0. The van der Waals surface area contributed by atoms with E-state index in [1.807, 2.05) is 24.3 Å². The molecular formula is C18H20ClN5O2. The Morgan fingerprint density at radius 3 is 2.96 bits per heavy atom. The lowest BCUT2D eigenvalue weighted by Gasteiger charge is -2.22. The predicted octanol–water partition coefficient (Wildman–Crippen LogP) is 2.31. The number of aromatic nitrogens is 3. The number of hydrogen-bond donors (Lipinski definition) is 2. The van der Waals surface area contributed by atoms with Crippen molar-refractivity contribution in [3.8, 4) is 0 Å². The third-order valence-corrected chi connectivity index (χ3v) is 4.32. The molecule has 0 radical (unpaired) electrons. The number of nitrogens with zero attached hydrogens (tertiary/aromatic N) is 3. The molecule has 8 heteroatoms. The highest BCUT2D eigenvalue weighted by Gasteiger charge is 2.26. The first-order chi connectivity index (χ1) is 12.3. The quantitative estimate of drug-likeness (QED) is 0.716. The predicted molar refractivity (Wildman–Crippen MR) is 97.8 cm³/mol. The van der Waals surface area contributed by atoms with Crippen molar-refractivity contribution >= 4 is 18.3 Å². The van der Waals surface area contributed by atoms with Gasteiger partial charge in [-0.1, -0.05) is 6.07 Å². The van der Waals surface area contributed by atoms with Crippen LogP contribution in [0.2, 0.25) is 0 Å². The van der Waals surface area contributed by atoms with Crippen LogP contribution < -0.4 is 5.32 Å². The van der Waals surface area contributed by atoms with Crippen LogP contribution in [0.25, 0.3) is 0 Å². The Morgan fingerprint density at radius 2 is 2.19 bits per heavy atom. The SMILES string of the molecule is Cl.O=C(c1n[nH]c2c1CNCC2)N(Cc1cccnc1)Cc1ccco1. The Hall–Kier alpha value is -2.64. The van der Waals surface area contributed by atoms with Crippen molar-refractivity contribution in [1.29, 1.82) is 0 Å². The molecule has 0 unspecified atom stereocenters. The molecule has 0 saturated heterocycles. The van der Waals surface area contributed by atoms with E-state index in [-0.39, 0.29) is 18.3 Å². The highest BCUT2D eigenvalue weighted by Crippen LogP contribution is 2.19. The standard InChI is InChI=1S/C18H19N5O2.ClH/c24-18(17-15-10-20-7-5-16(15)21-22-17)23(12-14-4-2-8-25-14)11-13-3-1-6-19-9-13;/h1-4,6,8-9,20H,5,7,10-12H2,(H,21,22);1H. The van der Waals surface area contributed by atoms with Gasteiger partial charge in [0.25, 0.3) is 5.91 Å². The molecule has 2 N–H and O–H groups in total. The molecule has 0 fully saturated rings. The maximum atomic E-state index is 13.2. The lowest BCUT2D eigenvalue weighted by Crippen LogP contribution is -2.32. The molecule has 26 heavy (non-hydrogen) atoms. The molecule has 7 nitrogen and oxygen atoms in total. The van der Waals surface area contributed by atoms with Crippen LogP contribution in [0.4, 0.5) is 0 Å². The van der Waals surface area contributed by atoms with Crippen LogP contribution in [0.1, 0.15) is 33.1 Å². The van der Waals surface area contributed by atoms with E-state index in [1.54, 1.807) is 23.6 Å². The molecule has 1 aliphatic heterocycles. The van der Waals surface area contributed by atoms with Gasteiger partial charge in [-0.25, -0.2) is 0 Å². The number of amides is 1. The third-order valence-electron chi connectivity index (χ3n) is 4.32. The second-order valence-electron chi connectivity index (χ2n) is 6.06. The van der Waals surface area contributed by atoms with E-state index in [0.29, 0.717) is 25.3 Å². The molecule has 3 aromatic heterocycles. The van der Waals surface area contributed by atoms with Gasteiger partial charge in [-0.15, -0.1) is 12.4 Å². The van der Waals surface area contributed by atoms with Crippen LogP contribution >= 0.6 is 12.4 Å². The van der Waals surface area contributed by atoms with Crippen molar-refractivity contribution in [2.75, 3.05) is 6.54 Å². The van der Waals surface area contributed by atoms with Crippen molar-refractivity contribution in [3.63, 3.8) is 0 Å². The summed E-state index contributed by atoms with van der Waals surface area (Å²) in [5.41, 5.74) is 3.45. The first-order valence-corrected chi connectivity index (χ1v) is 8.28. The zero-order chi connectivity index (χ0) is 17.1. The lowest BCUT2D eigenvalue weighted by atomic mass is 10.1. The third kappa shape index (κ3) is 3.79. The van der Waals surface area contributed by atoms with Crippen molar-refractivity contribution in [1.82, 2.24) is 25.4 Å². The Bertz CT molecular complexity index is 848. The second-order valence-corrected chi connectivity index (χ2v) is 6.06. The number of H-pyrrole nitrogens is 1. The number of rotatable bonds is 5. The highest BCUT2D eigenvalue weighted by molar-refractivity contribution is 5.94. The van der Waals surface area contributed by atoms with Crippen molar-refractivity contribution in [2.45, 2.75) is 26.1 Å². The van der Waals surface area contributed by atoms with E-state index < -0.39 is 0 Å². The van der Waals surface area contributed by atoms with Gasteiger partial charge in [-0.2, -0.15) is 5.10 Å². The molecule has 4 rings (SSSR count). The first kappa shape index (κ1) is 18.2. The molecule has 1 amide bonds. The molecule has 0 bridgehead atoms. The molecule has 136 valence electrons. The summed E-state index contributed by atoms with van der Waals surface area (Å²) in [5.74, 6) is 0.626. The van der Waals surface area contributed by atoms with E-state index in [2.05, 4.69) is 20.5 Å². The van der Waals surface area contributed by atoms with Crippen LogP contribution in [0, 0.1) is 0 Å². The molecule has 4 heterocycles. The fourth-order valence-corrected chi connectivity index (χ4v) is 3.05. The summed E-state index contributed by atoms with van der Waals surface area (Å²) in [7, 11) is 0. The molecule has 0 atom stereocenters. The molecule has 0 spiro atoms. The summed E-state index contributed by atoms with van der Waals surface area (Å²) in [5, 5.41) is 10.6. The van der Waals surface area contributed by atoms with Gasteiger partial charge in [0.1, 0.15) is 5.76 Å². The van der Waals surface area contributed by atoms with Crippen LogP contribution in [-0.4, -0.2) is 32.5 Å². The fraction of sp³-hybridized carbons (Fsp3) is 0.278. The maximum Gasteiger partial charge on any atom is 0.275 e. The molecular weight excluding hydrogens is 354 g/mol. The van der Waals surface area contributed by atoms with Gasteiger partial charge < -0.3 is 14.6 Å². The summed E-state index contributed by atoms with van der Waals surface area (Å²) in [6.07, 6.45) is 5.96. The number of nitrogens with one attached hydrogen (secondary N) is 2. The van der Waals surface area contributed by atoms with Crippen molar-refractivity contribution < 1.29 is 9.21 Å². The fourth-order valence-electron chi connectivity index (χ4n) is 3.05. The minimum absolute atomic E-state index is 0. The van der Waals surface area contributed by atoms with E-state index in [9.17, 15) is 4.79 Å². The minimum Gasteiger partial charge on any atom is -0.467 e. The number of halogens is 1. The average molecular weight is 374 g/mol. The van der Waals surface area contributed by atoms with Gasteiger partial charge in [0, 0.05) is 49.7 Å². The van der Waals surface area contributed by atoms with E-state index >= 15 is 0 Å². The van der Waals surface area contributed by atoms with E-state index in [4.69, 9.17) is 4.42 Å². The highest BCUT2D eigenvalue weighted by atomic mass is 35.5. The summed E-state index contributed by atoms with van der Waals surface area (Å²) in [6, 6.07) is 7.51. The smallest absolute Gasteiger partial charge is 0.275 e. The number of aromatic amines is 1. The maximum absolute atomic E-state index is 13.2. The van der Waals surface area contributed by atoms with E-state index in [0.717, 1.165) is 35.5 Å². The second kappa shape index (κ2) is 8.16. The number of hydrogen-bond acceptors (Lipinski definition) is 5. The Kier molecular flexibility index (Phi) is 5.70. The topological polar surface area (TPSA) is 87.0 Å². The Balaban J connectivity index is 0.00000196. The van der Waals surface area contributed by atoms with Crippen molar-refractivity contribution in [2.24, 2.45) is 0 Å². The van der Waals surface area contributed by atoms with Gasteiger partial charge in [0.15, 0.2) is 5.69 Å². The van der Waals surface area contributed by atoms with Gasteiger partial charge in [-0.05, 0) is 23.8 Å². The number of carbonyl (C=O) groups is 1. The summed E-state index contributed by atoms with van der Waals surface area (Å²) in [6.45, 7) is 2.39. The number of fused-ring (bicyclic) bond motifs is 1. The normalized spacial score (nSPS) is 12.9. The summed E-state index contributed by atoms with van der Waals surface area (Å²) < 4.78 is 5.43. The van der Waals surface area contributed by atoms with E-state index in [1.165, 1.54) is 0 Å². The van der Waals surface area contributed by atoms with Gasteiger partial charge >= 0.3 is 0 Å². The summed E-state index contributed by atoms with van der Waals surface area (Å²) >= 11 is 0. The monoisotopic (exact) mass is 373 g/mol. The van der Waals surface area contributed by atoms with Crippen LogP contribution in [0.5, 0.6) is 0 Å². The van der Waals surface area contributed by atoms with Crippen LogP contribution in [0.15, 0.2) is 47.3 Å². The number of furan rings is 1. The number of carbonyl (C=O) groups excluding carboxylic acids is 1. The Labute approximate surface area is 157 Å². The zero-order valence-electron chi connectivity index (χ0n) is 14.1. The number of pyridine rings is 1. The van der Waals surface area contributed by atoms with Gasteiger partial charge in [0.05, 0.1) is 12.8 Å². The van der Waals surface area contributed by atoms with Crippen LogP contribution in [0.3, 0.4) is 0 Å².